The van der Waals surface area contributed by atoms with Gasteiger partial charge in [0.25, 0.3) is 5.84 Å². The summed E-state index contributed by atoms with van der Waals surface area (Å²) in [4.78, 5) is 27.1. The number of ketones is 1. The number of carbonyl (C=O) groups is 1. The summed E-state index contributed by atoms with van der Waals surface area (Å²) < 4.78 is 33.3. The SMILES string of the molecule is CC(=O)c1c(Nc2ccc(S(=O)(=O)NC3=[NH+]CCCCC3)cc2)oc(C)cc1=O. The van der Waals surface area contributed by atoms with E-state index in [2.05, 4.69) is 15.0 Å². The number of Topliss-reactive ketones (excluding diaryl/α,β-unsaturated/α-hetero) is 1. The van der Waals surface area contributed by atoms with E-state index in [1.165, 1.54) is 25.1 Å². The largest absolute Gasteiger partial charge is 0.445 e. The summed E-state index contributed by atoms with van der Waals surface area (Å²) in [6.07, 6.45) is 3.69. The molecule has 29 heavy (non-hydrogen) atoms. The zero-order valence-corrected chi connectivity index (χ0v) is 17.2. The van der Waals surface area contributed by atoms with Gasteiger partial charge in [-0.15, -0.1) is 0 Å². The normalized spacial score (nSPS) is 14.6. The van der Waals surface area contributed by atoms with Crippen molar-refractivity contribution in [1.29, 1.82) is 0 Å². The van der Waals surface area contributed by atoms with Crippen molar-refractivity contribution in [3.63, 3.8) is 0 Å². The van der Waals surface area contributed by atoms with Crippen LogP contribution >= 0.6 is 0 Å². The highest BCUT2D eigenvalue weighted by Gasteiger charge is 2.23. The average Bonchev–Trinajstić information content (AvgIpc) is 2.89. The van der Waals surface area contributed by atoms with Crippen molar-refractivity contribution < 1.29 is 22.6 Å². The Bertz CT molecular complexity index is 1100. The van der Waals surface area contributed by atoms with Crippen LogP contribution in [0.25, 0.3) is 0 Å². The maximum absolute atomic E-state index is 12.6. The number of carbonyl (C=O) groups excluding carboxylic acids is 1. The van der Waals surface area contributed by atoms with Gasteiger partial charge in [0.15, 0.2) is 11.2 Å². The van der Waals surface area contributed by atoms with Gasteiger partial charge >= 0.3 is 10.0 Å². The third-order valence-corrected chi connectivity index (χ3v) is 5.95. The fraction of sp³-hybridized carbons (Fsp3) is 0.350. The van der Waals surface area contributed by atoms with Crippen molar-refractivity contribution >= 4 is 33.2 Å². The van der Waals surface area contributed by atoms with Crippen LogP contribution in [0.2, 0.25) is 0 Å². The molecule has 0 fully saturated rings. The average molecular weight is 418 g/mol. The van der Waals surface area contributed by atoms with Crippen LogP contribution in [-0.4, -0.2) is 26.6 Å². The molecule has 0 unspecified atom stereocenters. The molecule has 0 spiro atoms. The van der Waals surface area contributed by atoms with Crippen molar-refractivity contribution in [2.75, 3.05) is 11.9 Å². The molecule has 1 aromatic carbocycles. The van der Waals surface area contributed by atoms with E-state index in [4.69, 9.17) is 4.42 Å². The lowest BCUT2D eigenvalue weighted by Crippen LogP contribution is -2.76. The van der Waals surface area contributed by atoms with Crippen LogP contribution in [0.3, 0.4) is 0 Å². The molecule has 0 radical (unpaired) electrons. The first-order chi connectivity index (χ1) is 13.8. The van der Waals surface area contributed by atoms with E-state index in [-0.39, 0.29) is 16.3 Å². The van der Waals surface area contributed by atoms with Crippen LogP contribution in [-0.2, 0) is 10.0 Å². The number of aryl methyl sites for hydroxylation is 1. The minimum Gasteiger partial charge on any atom is -0.445 e. The molecule has 3 N–H and O–H groups in total. The van der Waals surface area contributed by atoms with Crippen molar-refractivity contribution in [2.24, 2.45) is 0 Å². The summed E-state index contributed by atoms with van der Waals surface area (Å²) in [5, 5.41) is 2.88. The molecule has 0 saturated heterocycles. The summed E-state index contributed by atoms with van der Waals surface area (Å²) in [7, 11) is -3.71. The Hall–Kier alpha value is -2.94. The third-order valence-electron chi connectivity index (χ3n) is 4.54. The molecule has 2 heterocycles. The zero-order valence-electron chi connectivity index (χ0n) is 16.4. The number of sulfonamides is 1. The van der Waals surface area contributed by atoms with Gasteiger partial charge < -0.3 is 9.73 Å². The number of amidine groups is 1. The highest BCUT2D eigenvalue weighted by atomic mass is 32.2. The van der Waals surface area contributed by atoms with Gasteiger partial charge in [0, 0.05) is 18.2 Å². The summed E-state index contributed by atoms with van der Waals surface area (Å²) in [5.74, 6) is 0.586. The summed E-state index contributed by atoms with van der Waals surface area (Å²) >= 11 is 0. The summed E-state index contributed by atoms with van der Waals surface area (Å²) in [6, 6.07) is 7.24. The molecule has 0 aliphatic carbocycles. The van der Waals surface area contributed by atoms with Gasteiger partial charge in [0.1, 0.15) is 16.2 Å². The predicted octanol–water partition coefficient (Wildman–Crippen LogP) is 1.23. The molecule has 154 valence electrons. The first kappa shape index (κ1) is 20.8. The van der Waals surface area contributed by atoms with E-state index >= 15 is 0 Å². The van der Waals surface area contributed by atoms with Crippen LogP contribution in [0.15, 0.2) is 44.4 Å². The van der Waals surface area contributed by atoms with E-state index in [0.717, 1.165) is 25.8 Å². The molecule has 1 aliphatic rings. The van der Waals surface area contributed by atoms with Gasteiger partial charge in [-0.05, 0) is 57.4 Å². The maximum Gasteiger partial charge on any atom is 0.328 e. The Morgan fingerprint density at radius 1 is 1.14 bits per heavy atom. The van der Waals surface area contributed by atoms with E-state index in [1.807, 2.05) is 0 Å². The topological polar surface area (TPSA) is 119 Å². The van der Waals surface area contributed by atoms with Gasteiger partial charge in [0.2, 0.25) is 5.88 Å². The van der Waals surface area contributed by atoms with E-state index < -0.39 is 21.2 Å². The van der Waals surface area contributed by atoms with E-state index in [1.54, 1.807) is 19.1 Å². The second-order valence-electron chi connectivity index (χ2n) is 6.95. The molecule has 0 atom stereocenters. The Morgan fingerprint density at radius 2 is 1.86 bits per heavy atom. The molecule has 0 amide bonds. The molecular formula is C20H24N3O5S+. The first-order valence-corrected chi connectivity index (χ1v) is 10.9. The van der Waals surface area contributed by atoms with Crippen molar-refractivity contribution in [2.45, 2.75) is 44.4 Å². The Balaban J connectivity index is 1.81. The minimum atomic E-state index is -3.71. The fourth-order valence-corrected chi connectivity index (χ4v) is 4.23. The van der Waals surface area contributed by atoms with Crippen molar-refractivity contribution in [1.82, 2.24) is 4.72 Å². The fourth-order valence-electron chi connectivity index (χ4n) is 3.12. The predicted molar refractivity (Wildman–Crippen MR) is 109 cm³/mol. The molecule has 1 aliphatic heterocycles. The van der Waals surface area contributed by atoms with E-state index in [0.29, 0.717) is 23.7 Å². The summed E-state index contributed by atoms with van der Waals surface area (Å²) in [6.45, 7) is 3.64. The Kier molecular flexibility index (Phi) is 6.17. The van der Waals surface area contributed by atoms with Crippen LogP contribution < -0.4 is 20.5 Å². The van der Waals surface area contributed by atoms with Crippen molar-refractivity contribution in [3.05, 3.63) is 51.9 Å². The second kappa shape index (κ2) is 8.60. The molecule has 1 aromatic heterocycles. The van der Waals surface area contributed by atoms with E-state index in [9.17, 15) is 18.0 Å². The zero-order chi connectivity index (χ0) is 21.0. The van der Waals surface area contributed by atoms with Gasteiger partial charge in [-0.1, -0.05) is 0 Å². The number of anilines is 2. The molecule has 3 rings (SSSR count). The Labute approximate surface area is 169 Å². The number of hydrogen-bond acceptors (Lipinski definition) is 6. The van der Waals surface area contributed by atoms with Crippen LogP contribution in [0.5, 0.6) is 0 Å². The first-order valence-electron chi connectivity index (χ1n) is 9.41. The Morgan fingerprint density at radius 3 is 2.55 bits per heavy atom. The van der Waals surface area contributed by atoms with Crippen LogP contribution in [0.4, 0.5) is 11.6 Å². The molecular weight excluding hydrogens is 394 g/mol. The lowest BCUT2D eigenvalue weighted by Gasteiger charge is -2.10. The number of benzene rings is 1. The quantitative estimate of drug-likeness (QED) is 0.628. The highest BCUT2D eigenvalue weighted by Crippen LogP contribution is 2.22. The molecule has 9 heteroatoms. The standard InChI is InChI=1S/C20H23N3O5S/c1-13-12-17(25)19(14(2)24)20(28-13)22-15-7-9-16(10-8-15)29(26,27)23-18-6-4-3-5-11-21-18/h7-10,12,22H,3-6,11H2,1-2H3,(H,21,23)/p+1. The lowest BCUT2D eigenvalue weighted by atomic mass is 10.1. The van der Waals surface area contributed by atoms with Gasteiger partial charge in [0.05, 0.1) is 6.54 Å². The monoisotopic (exact) mass is 418 g/mol. The molecule has 0 bridgehead atoms. The molecule has 8 nitrogen and oxygen atoms in total. The van der Waals surface area contributed by atoms with Crippen molar-refractivity contribution in [3.8, 4) is 0 Å². The number of rotatable bonds is 5. The molecule has 2 aromatic rings. The summed E-state index contributed by atoms with van der Waals surface area (Å²) in [5.41, 5.74) is -0.0229. The van der Waals surface area contributed by atoms with Gasteiger partial charge in [-0.2, -0.15) is 13.1 Å². The lowest BCUT2D eigenvalue weighted by molar-refractivity contribution is -0.459. The third kappa shape index (κ3) is 5.11. The molecule has 0 saturated carbocycles. The van der Waals surface area contributed by atoms with Crippen LogP contribution in [0, 0.1) is 6.92 Å². The number of hydrogen-bond donors (Lipinski definition) is 3. The smallest absolute Gasteiger partial charge is 0.328 e. The minimum absolute atomic E-state index is 0.0365. The maximum atomic E-state index is 12.6. The number of nitrogens with one attached hydrogen (secondary N) is 3. The second-order valence-corrected chi connectivity index (χ2v) is 8.63. The van der Waals surface area contributed by atoms with Gasteiger partial charge in [-0.25, -0.2) is 0 Å². The van der Waals surface area contributed by atoms with Gasteiger partial charge in [-0.3, -0.25) is 14.6 Å². The highest BCUT2D eigenvalue weighted by molar-refractivity contribution is 7.90. The van der Waals surface area contributed by atoms with Crippen LogP contribution in [0.1, 0.15) is 48.7 Å².